The van der Waals surface area contributed by atoms with Crippen LogP contribution in [0, 0.1) is 0 Å². The first-order valence-corrected chi connectivity index (χ1v) is 22.6. The maximum Gasteiger partial charge on any atom is 0.372 e. The lowest BCUT2D eigenvalue weighted by Crippen LogP contribution is -2.48. The van der Waals surface area contributed by atoms with Crippen LogP contribution in [0.3, 0.4) is 0 Å². The van der Waals surface area contributed by atoms with Crippen molar-refractivity contribution in [1.82, 2.24) is 0 Å². The number of hydrogen-bond acceptors (Lipinski definition) is 0. The van der Waals surface area contributed by atoms with E-state index in [0.29, 0.717) is 0 Å². The van der Waals surface area contributed by atoms with Gasteiger partial charge in [-0.15, -0.1) is 55.4 Å². The largest absolute Gasteiger partial charge is 0.372 e. The highest BCUT2D eigenvalue weighted by atomic mass is 35.8. The second-order valence-corrected chi connectivity index (χ2v) is 23.8. The standard InChI is InChI=1S/C12H10Cl2Si.C12H10.C6H5Cl3Si.C6H6/c13-15(14,11-7-3-1-4-8-11)12-9-5-2-6-10-12;1-3-7-11(8-4-1)12-9-5-2-6-10-12;7-10(8,9)6-4-2-1-3-5-6;1-2-4-6-5-3-1/h1-10H;1-10H;1-5H;1-6H. The summed E-state index contributed by atoms with van der Waals surface area (Å²) in [7, 11) is 0. The molecule has 6 rings (SSSR count). The molecule has 0 aromatic heterocycles. The molecule has 0 heterocycles. The summed E-state index contributed by atoms with van der Waals surface area (Å²) >= 11 is 30.2. The molecule has 6 aromatic rings. The van der Waals surface area contributed by atoms with Crippen molar-refractivity contribution in [1.29, 1.82) is 0 Å². The number of halogens is 5. The fraction of sp³-hybridized carbons (Fsp3) is 0. The molecule has 0 N–H and O–H groups in total. The fourth-order valence-electron chi connectivity index (χ4n) is 3.73. The first-order valence-electron chi connectivity index (χ1n) is 13.5. The highest BCUT2D eigenvalue weighted by Crippen LogP contribution is 2.19. The van der Waals surface area contributed by atoms with Gasteiger partial charge in [-0.05, 0) is 26.7 Å². The van der Waals surface area contributed by atoms with Crippen molar-refractivity contribution in [3.8, 4) is 11.1 Å². The zero-order valence-electron chi connectivity index (χ0n) is 23.3. The van der Waals surface area contributed by atoms with Gasteiger partial charge >= 0.3 is 12.7 Å². The smallest absolute Gasteiger partial charge is 0.134 e. The SMILES string of the molecule is Cl[Si](Cl)(Cl)c1ccccc1.Cl[Si](Cl)(c1ccccc1)c1ccccc1.c1ccc(-c2ccccc2)cc1.c1ccccc1. The lowest BCUT2D eigenvalue weighted by Gasteiger charge is -2.17. The van der Waals surface area contributed by atoms with Crippen LogP contribution in [0.2, 0.25) is 0 Å². The molecule has 0 atom stereocenters. The third kappa shape index (κ3) is 12.8. The van der Waals surface area contributed by atoms with Gasteiger partial charge in [-0.3, -0.25) is 0 Å². The molecule has 0 bridgehead atoms. The van der Waals surface area contributed by atoms with Gasteiger partial charge in [0.2, 0.25) is 0 Å². The molecule has 6 aromatic carbocycles. The van der Waals surface area contributed by atoms with Crippen molar-refractivity contribution >= 4 is 83.7 Å². The van der Waals surface area contributed by atoms with E-state index in [1.54, 1.807) is 0 Å². The summed E-state index contributed by atoms with van der Waals surface area (Å²) in [6, 6.07) is 59.2. The molecule has 0 aliphatic rings. The molecular weight excluding hydrogens is 666 g/mol. The maximum absolute atomic E-state index is 6.49. The molecule has 0 radical (unpaired) electrons. The summed E-state index contributed by atoms with van der Waals surface area (Å²) in [5, 5.41) is 2.89. The maximum atomic E-state index is 6.49. The predicted molar refractivity (Wildman–Crippen MR) is 197 cm³/mol. The van der Waals surface area contributed by atoms with E-state index in [0.717, 1.165) is 15.6 Å². The highest BCUT2D eigenvalue weighted by Gasteiger charge is 2.32. The Kier molecular flexibility index (Phi) is 15.1. The van der Waals surface area contributed by atoms with Crippen LogP contribution in [-0.2, 0) is 0 Å². The van der Waals surface area contributed by atoms with Gasteiger partial charge in [-0.25, -0.2) is 0 Å². The van der Waals surface area contributed by atoms with Crippen molar-refractivity contribution < 1.29 is 0 Å². The lowest BCUT2D eigenvalue weighted by molar-refractivity contribution is 1.62. The fourth-order valence-corrected chi connectivity index (χ4v) is 8.51. The quantitative estimate of drug-likeness (QED) is 0.127. The Morgan fingerprint density at radius 2 is 0.465 bits per heavy atom. The van der Waals surface area contributed by atoms with Gasteiger partial charge in [-0.1, -0.05) is 188 Å². The van der Waals surface area contributed by atoms with Crippen LogP contribution in [0.15, 0.2) is 188 Å². The minimum Gasteiger partial charge on any atom is -0.134 e. The molecule has 0 unspecified atom stereocenters. The van der Waals surface area contributed by atoms with Crippen LogP contribution in [0.25, 0.3) is 11.1 Å². The minimum absolute atomic E-state index is 0.833. The molecule has 0 aliphatic carbocycles. The Bertz CT molecular complexity index is 1430. The Labute approximate surface area is 281 Å². The van der Waals surface area contributed by atoms with Crippen molar-refractivity contribution in [3.05, 3.63) is 188 Å². The monoisotopic (exact) mass is 694 g/mol. The molecule has 7 heteroatoms. The molecule has 0 spiro atoms. The van der Waals surface area contributed by atoms with Gasteiger partial charge in [-0.2, -0.15) is 0 Å². The van der Waals surface area contributed by atoms with Gasteiger partial charge < -0.3 is 0 Å². The van der Waals surface area contributed by atoms with E-state index >= 15 is 0 Å². The van der Waals surface area contributed by atoms with Gasteiger partial charge in [0.25, 0.3) is 0 Å². The third-order valence-corrected chi connectivity index (χ3v) is 13.6. The van der Waals surface area contributed by atoms with Crippen molar-refractivity contribution in [2.45, 2.75) is 0 Å². The van der Waals surface area contributed by atoms with Crippen LogP contribution in [0.1, 0.15) is 0 Å². The molecule has 0 amide bonds. The van der Waals surface area contributed by atoms with E-state index < -0.39 is 12.7 Å². The molecule has 0 aliphatic heterocycles. The Balaban J connectivity index is 0.000000164. The number of hydrogen-bond donors (Lipinski definition) is 0. The van der Waals surface area contributed by atoms with Gasteiger partial charge in [0.05, 0.1) is 0 Å². The summed E-state index contributed by atoms with van der Waals surface area (Å²) in [6.07, 6.45) is 0. The summed E-state index contributed by atoms with van der Waals surface area (Å²) in [5.74, 6) is 0. The van der Waals surface area contributed by atoms with Crippen LogP contribution in [-0.4, -0.2) is 12.7 Å². The minimum atomic E-state index is -2.62. The zero-order valence-corrected chi connectivity index (χ0v) is 29.1. The second-order valence-electron chi connectivity index (χ2n) is 9.06. The van der Waals surface area contributed by atoms with E-state index in [9.17, 15) is 0 Å². The molecule has 43 heavy (non-hydrogen) atoms. The van der Waals surface area contributed by atoms with Gasteiger partial charge in [0.1, 0.15) is 0 Å². The van der Waals surface area contributed by atoms with E-state index in [1.807, 2.05) is 140 Å². The topological polar surface area (TPSA) is 0 Å². The number of benzene rings is 6. The summed E-state index contributed by atoms with van der Waals surface area (Å²) in [6.45, 7) is -2.51. The highest BCUT2D eigenvalue weighted by molar-refractivity contribution is 7.69. The molecule has 0 saturated carbocycles. The zero-order chi connectivity index (χ0) is 30.8. The first kappa shape index (κ1) is 34.7. The van der Waals surface area contributed by atoms with Crippen LogP contribution >= 0.6 is 55.4 Å². The predicted octanol–water partition coefficient (Wildman–Crippen LogP) is 10.3. The van der Waals surface area contributed by atoms with Crippen molar-refractivity contribution in [3.63, 3.8) is 0 Å². The average molecular weight is 697 g/mol. The van der Waals surface area contributed by atoms with Gasteiger partial charge in [0, 0.05) is 0 Å². The third-order valence-electron chi connectivity index (χ3n) is 5.92. The molecule has 218 valence electrons. The molecule has 0 saturated heterocycles. The Morgan fingerprint density at radius 1 is 0.256 bits per heavy atom. The van der Waals surface area contributed by atoms with Crippen LogP contribution in [0.4, 0.5) is 0 Å². The van der Waals surface area contributed by atoms with E-state index in [2.05, 4.69) is 48.5 Å². The van der Waals surface area contributed by atoms with Crippen molar-refractivity contribution in [2.75, 3.05) is 0 Å². The molecular formula is C36H31Cl5Si2. The summed E-state index contributed by atoms with van der Waals surface area (Å²) in [4.78, 5) is 0. The summed E-state index contributed by atoms with van der Waals surface area (Å²) in [5.41, 5.74) is 2.55. The van der Waals surface area contributed by atoms with Crippen molar-refractivity contribution in [2.24, 2.45) is 0 Å². The van der Waals surface area contributed by atoms with E-state index in [4.69, 9.17) is 55.4 Å². The molecule has 0 fully saturated rings. The average Bonchev–Trinajstić information content (AvgIpc) is 3.08. The van der Waals surface area contributed by atoms with Gasteiger partial charge in [0.15, 0.2) is 0 Å². The second kappa shape index (κ2) is 18.8. The Morgan fingerprint density at radius 3 is 0.698 bits per heavy atom. The van der Waals surface area contributed by atoms with E-state index in [1.165, 1.54) is 11.1 Å². The van der Waals surface area contributed by atoms with Crippen LogP contribution < -0.4 is 15.6 Å². The number of rotatable bonds is 4. The Hall–Kier alpha value is -2.80. The summed E-state index contributed by atoms with van der Waals surface area (Å²) < 4.78 is 0. The van der Waals surface area contributed by atoms with E-state index in [-0.39, 0.29) is 0 Å². The normalized spacial score (nSPS) is 10.4. The first-order chi connectivity index (χ1) is 20.8. The van der Waals surface area contributed by atoms with Crippen LogP contribution in [0.5, 0.6) is 0 Å². The molecule has 0 nitrogen and oxygen atoms in total. The lowest BCUT2D eigenvalue weighted by atomic mass is 10.1.